The summed E-state index contributed by atoms with van der Waals surface area (Å²) >= 11 is 0. The van der Waals surface area contributed by atoms with Gasteiger partial charge in [-0.25, -0.2) is 0 Å². The molecule has 0 saturated heterocycles. The highest BCUT2D eigenvalue weighted by molar-refractivity contribution is 5.66. The van der Waals surface area contributed by atoms with Crippen molar-refractivity contribution in [2.24, 2.45) is 5.73 Å². The predicted molar refractivity (Wildman–Crippen MR) is 84.4 cm³/mol. The largest absolute Gasteiger partial charge is 0.394 e. The predicted octanol–water partition coefficient (Wildman–Crippen LogP) is 2.91. The summed E-state index contributed by atoms with van der Waals surface area (Å²) in [4.78, 5) is 0. The number of benzene rings is 2. The number of hydrogen-bond donors (Lipinski definition) is 3. The van der Waals surface area contributed by atoms with Crippen LogP contribution in [0.2, 0.25) is 0 Å². The van der Waals surface area contributed by atoms with Crippen molar-refractivity contribution in [3.8, 4) is 11.1 Å². The van der Waals surface area contributed by atoms with Gasteiger partial charge < -0.3 is 16.2 Å². The first kappa shape index (κ1) is 14.3. The van der Waals surface area contributed by atoms with E-state index in [9.17, 15) is 0 Å². The summed E-state index contributed by atoms with van der Waals surface area (Å²) in [6, 6.07) is 16.0. The summed E-state index contributed by atoms with van der Waals surface area (Å²) in [5.74, 6) is 0. The molecule has 0 unspecified atom stereocenters. The standard InChI is InChI=1S/C17H20N2O/c1-12-3-5-14(6-4-12)15-7-9-16(10-8-15)19-13(2)17(18)11-20/h3-10,17,19-20H,2,11,18H2,1H3/t17-/m0/s1. The Bertz CT molecular complexity index is 573. The van der Waals surface area contributed by atoms with Crippen LogP contribution in [-0.4, -0.2) is 17.8 Å². The van der Waals surface area contributed by atoms with Crippen LogP contribution in [0, 0.1) is 6.92 Å². The van der Waals surface area contributed by atoms with E-state index in [-0.39, 0.29) is 6.61 Å². The van der Waals surface area contributed by atoms with Gasteiger partial charge in [-0.05, 0) is 30.2 Å². The van der Waals surface area contributed by atoms with E-state index in [4.69, 9.17) is 10.8 Å². The number of anilines is 1. The van der Waals surface area contributed by atoms with Crippen LogP contribution in [0.1, 0.15) is 5.56 Å². The first-order valence-corrected chi connectivity index (χ1v) is 6.59. The zero-order valence-electron chi connectivity index (χ0n) is 11.6. The van der Waals surface area contributed by atoms with Crippen LogP contribution in [0.3, 0.4) is 0 Å². The van der Waals surface area contributed by atoms with Crippen molar-refractivity contribution in [1.82, 2.24) is 0 Å². The highest BCUT2D eigenvalue weighted by Gasteiger charge is 2.05. The number of hydrogen-bond acceptors (Lipinski definition) is 3. The Labute approximate surface area is 119 Å². The Morgan fingerprint density at radius 2 is 1.60 bits per heavy atom. The van der Waals surface area contributed by atoms with Gasteiger partial charge in [-0.2, -0.15) is 0 Å². The number of aliphatic hydroxyl groups is 1. The topological polar surface area (TPSA) is 58.3 Å². The van der Waals surface area contributed by atoms with Gasteiger partial charge in [0.05, 0.1) is 12.6 Å². The number of aryl methyl sites for hydroxylation is 1. The first-order chi connectivity index (χ1) is 9.60. The smallest absolute Gasteiger partial charge is 0.0676 e. The van der Waals surface area contributed by atoms with E-state index >= 15 is 0 Å². The minimum Gasteiger partial charge on any atom is -0.394 e. The molecule has 0 aliphatic heterocycles. The Kier molecular flexibility index (Phi) is 4.56. The van der Waals surface area contributed by atoms with Crippen molar-refractivity contribution in [3.05, 3.63) is 66.4 Å². The Hall–Kier alpha value is -2.10. The SMILES string of the molecule is C=C(Nc1ccc(-c2ccc(C)cc2)cc1)[C@@H](N)CO. The van der Waals surface area contributed by atoms with Crippen LogP contribution in [0.25, 0.3) is 11.1 Å². The zero-order valence-corrected chi connectivity index (χ0v) is 11.6. The minimum absolute atomic E-state index is 0.118. The highest BCUT2D eigenvalue weighted by Crippen LogP contribution is 2.22. The van der Waals surface area contributed by atoms with E-state index < -0.39 is 6.04 Å². The third-order valence-electron chi connectivity index (χ3n) is 3.22. The van der Waals surface area contributed by atoms with Crippen molar-refractivity contribution in [1.29, 1.82) is 0 Å². The van der Waals surface area contributed by atoms with Gasteiger partial charge in [0.1, 0.15) is 0 Å². The van der Waals surface area contributed by atoms with Crippen molar-refractivity contribution in [2.45, 2.75) is 13.0 Å². The van der Waals surface area contributed by atoms with E-state index in [1.165, 1.54) is 11.1 Å². The van der Waals surface area contributed by atoms with Crippen LogP contribution < -0.4 is 11.1 Å². The molecule has 4 N–H and O–H groups in total. The second-order valence-electron chi connectivity index (χ2n) is 4.88. The van der Waals surface area contributed by atoms with Gasteiger partial charge in [-0.1, -0.05) is 48.5 Å². The summed E-state index contributed by atoms with van der Waals surface area (Å²) in [7, 11) is 0. The summed E-state index contributed by atoms with van der Waals surface area (Å²) in [5.41, 5.74) is 10.8. The molecule has 0 aliphatic rings. The van der Waals surface area contributed by atoms with E-state index in [0.717, 1.165) is 11.3 Å². The normalized spacial score (nSPS) is 11.9. The van der Waals surface area contributed by atoms with Crippen LogP contribution in [0.5, 0.6) is 0 Å². The molecule has 2 aromatic carbocycles. The first-order valence-electron chi connectivity index (χ1n) is 6.59. The maximum Gasteiger partial charge on any atom is 0.0676 e. The molecular weight excluding hydrogens is 248 g/mol. The van der Waals surface area contributed by atoms with Crippen LogP contribution in [0.15, 0.2) is 60.8 Å². The number of nitrogens with one attached hydrogen (secondary N) is 1. The van der Waals surface area contributed by atoms with Crippen LogP contribution in [0.4, 0.5) is 5.69 Å². The molecule has 2 rings (SSSR count). The molecular formula is C17H20N2O. The molecule has 0 saturated carbocycles. The van der Waals surface area contributed by atoms with E-state index in [2.05, 4.69) is 43.1 Å². The molecule has 0 heterocycles. The molecule has 0 amide bonds. The molecule has 104 valence electrons. The summed E-state index contributed by atoms with van der Waals surface area (Å²) in [5, 5.41) is 12.1. The molecule has 0 radical (unpaired) electrons. The molecule has 3 heteroatoms. The minimum atomic E-state index is -0.452. The lowest BCUT2D eigenvalue weighted by atomic mass is 10.0. The summed E-state index contributed by atoms with van der Waals surface area (Å²) < 4.78 is 0. The maximum absolute atomic E-state index is 8.97. The Balaban J connectivity index is 2.10. The molecule has 2 aromatic rings. The van der Waals surface area contributed by atoms with Crippen molar-refractivity contribution < 1.29 is 5.11 Å². The lowest BCUT2D eigenvalue weighted by Gasteiger charge is -2.14. The van der Waals surface area contributed by atoms with Crippen molar-refractivity contribution >= 4 is 5.69 Å². The van der Waals surface area contributed by atoms with Crippen LogP contribution in [-0.2, 0) is 0 Å². The van der Waals surface area contributed by atoms with E-state index in [0.29, 0.717) is 5.70 Å². The van der Waals surface area contributed by atoms with E-state index in [1.807, 2.05) is 24.3 Å². The van der Waals surface area contributed by atoms with Gasteiger partial charge in [0.2, 0.25) is 0 Å². The summed E-state index contributed by atoms with van der Waals surface area (Å²) in [6.07, 6.45) is 0. The van der Waals surface area contributed by atoms with Gasteiger partial charge in [0.15, 0.2) is 0 Å². The van der Waals surface area contributed by atoms with E-state index in [1.54, 1.807) is 0 Å². The molecule has 20 heavy (non-hydrogen) atoms. The Morgan fingerprint density at radius 1 is 1.10 bits per heavy atom. The van der Waals surface area contributed by atoms with Crippen LogP contribution >= 0.6 is 0 Å². The fourth-order valence-electron chi connectivity index (χ4n) is 1.88. The fourth-order valence-corrected chi connectivity index (χ4v) is 1.88. The zero-order chi connectivity index (χ0) is 14.5. The molecule has 3 nitrogen and oxygen atoms in total. The lowest BCUT2D eigenvalue weighted by Crippen LogP contribution is -2.29. The third kappa shape index (κ3) is 3.47. The average Bonchev–Trinajstić information content (AvgIpc) is 2.48. The maximum atomic E-state index is 8.97. The summed E-state index contributed by atoms with van der Waals surface area (Å²) in [6.45, 7) is 5.77. The number of aliphatic hydroxyl groups excluding tert-OH is 1. The molecule has 0 aliphatic carbocycles. The third-order valence-corrected chi connectivity index (χ3v) is 3.22. The molecule has 0 aromatic heterocycles. The molecule has 0 spiro atoms. The lowest BCUT2D eigenvalue weighted by molar-refractivity contribution is 0.280. The monoisotopic (exact) mass is 268 g/mol. The number of nitrogens with two attached hydrogens (primary N) is 1. The second-order valence-corrected chi connectivity index (χ2v) is 4.88. The van der Waals surface area contributed by atoms with Gasteiger partial charge >= 0.3 is 0 Å². The molecule has 0 fully saturated rings. The van der Waals surface area contributed by atoms with Crippen molar-refractivity contribution in [2.75, 3.05) is 11.9 Å². The average molecular weight is 268 g/mol. The fraction of sp³-hybridized carbons (Fsp3) is 0.176. The second kappa shape index (κ2) is 6.37. The van der Waals surface area contributed by atoms with Crippen molar-refractivity contribution in [3.63, 3.8) is 0 Å². The highest BCUT2D eigenvalue weighted by atomic mass is 16.3. The Morgan fingerprint density at radius 3 is 2.10 bits per heavy atom. The quantitative estimate of drug-likeness (QED) is 0.781. The van der Waals surface area contributed by atoms with Gasteiger partial charge in [0.25, 0.3) is 0 Å². The molecule has 1 atom stereocenters. The van der Waals surface area contributed by atoms with Gasteiger partial charge in [-0.15, -0.1) is 0 Å². The number of rotatable bonds is 5. The van der Waals surface area contributed by atoms with Gasteiger partial charge in [0, 0.05) is 11.4 Å². The molecule has 0 bridgehead atoms. The van der Waals surface area contributed by atoms with Gasteiger partial charge in [-0.3, -0.25) is 0 Å².